The first-order valence-corrected chi connectivity index (χ1v) is 7.49. The van der Waals surface area contributed by atoms with E-state index in [-0.39, 0.29) is 17.0 Å². The van der Waals surface area contributed by atoms with E-state index in [1.54, 1.807) is 0 Å². The average Bonchev–Trinajstić information content (AvgIpc) is 2.26. The molecule has 1 aromatic rings. The Hall–Kier alpha value is -1.18. The van der Waals surface area contributed by atoms with Crippen molar-refractivity contribution in [3.63, 3.8) is 0 Å². The van der Waals surface area contributed by atoms with Crippen molar-refractivity contribution < 1.29 is 22.3 Å². The van der Waals surface area contributed by atoms with Crippen LogP contribution in [0.1, 0.15) is 18.0 Å². The zero-order chi connectivity index (χ0) is 14.6. The number of halogens is 2. The van der Waals surface area contributed by atoms with Crippen molar-refractivity contribution in [2.75, 3.05) is 13.4 Å². The lowest BCUT2D eigenvalue weighted by molar-refractivity contribution is -0.141. The first-order valence-electron chi connectivity index (χ1n) is 5.22. The first-order chi connectivity index (χ1) is 8.73. The number of benzene rings is 1. The van der Waals surface area contributed by atoms with Gasteiger partial charge >= 0.3 is 5.97 Å². The number of hydrogen-bond donors (Lipinski definition) is 1. The van der Waals surface area contributed by atoms with Crippen LogP contribution in [0.5, 0.6) is 0 Å². The van der Waals surface area contributed by atoms with Gasteiger partial charge in [-0.05, 0) is 12.1 Å². The lowest BCUT2D eigenvalue weighted by Crippen LogP contribution is -2.30. The molecule has 0 saturated carbocycles. The van der Waals surface area contributed by atoms with Crippen molar-refractivity contribution in [2.45, 2.75) is 12.5 Å². The molecule has 0 aromatic heterocycles. The third kappa shape index (κ3) is 5.14. The number of esters is 1. The van der Waals surface area contributed by atoms with Crippen LogP contribution in [0.3, 0.4) is 0 Å². The first kappa shape index (κ1) is 15.9. The molecule has 19 heavy (non-hydrogen) atoms. The number of carbonyl (C=O) groups excluding carboxylic acids is 1. The van der Waals surface area contributed by atoms with Crippen LogP contribution in [0.25, 0.3) is 0 Å². The second kappa shape index (κ2) is 6.31. The molecule has 1 atom stereocenters. The van der Waals surface area contributed by atoms with Gasteiger partial charge in [0.25, 0.3) is 0 Å². The maximum Gasteiger partial charge on any atom is 0.307 e. The highest BCUT2D eigenvalue weighted by molar-refractivity contribution is 7.88. The van der Waals surface area contributed by atoms with Gasteiger partial charge < -0.3 is 4.74 Å². The molecule has 1 rings (SSSR count). The monoisotopic (exact) mass is 309 g/mol. The number of ether oxygens (including phenoxy) is 1. The summed E-state index contributed by atoms with van der Waals surface area (Å²) in [6.07, 6.45) is 0.604. The molecule has 0 bridgehead atoms. The predicted molar refractivity (Wildman–Crippen MR) is 68.8 cm³/mol. The fourth-order valence-corrected chi connectivity index (χ4v) is 2.39. The van der Waals surface area contributed by atoms with E-state index in [9.17, 15) is 17.6 Å². The summed E-state index contributed by atoms with van der Waals surface area (Å²) in [6.45, 7) is 0. The number of rotatable bonds is 5. The minimum atomic E-state index is -3.61. The maximum absolute atomic E-state index is 13.8. The fraction of sp³-hybridized carbons (Fsp3) is 0.364. The smallest absolute Gasteiger partial charge is 0.307 e. The Morgan fingerprint density at radius 2 is 2.16 bits per heavy atom. The Morgan fingerprint density at radius 3 is 2.63 bits per heavy atom. The molecule has 0 heterocycles. The van der Waals surface area contributed by atoms with Gasteiger partial charge in [-0.2, -0.15) is 0 Å². The van der Waals surface area contributed by atoms with Crippen LogP contribution in [0.15, 0.2) is 18.2 Å². The fourth-order valence-electron chi connectivity index (χ4n) is 1.51. The molecule has 1 aromatic carbocycles. The summed E-state index contributed by atoms with van der Waals surface area (Å²) in [4.78, 5) is 11.3. The van der Waals surface area contributed by atoms with E-state index >= 15 is 0 Å². The quantitative estimate of drug-likeness (QED) is 0.839. The second-order valence-corrected chi connectivity index (χ2v) is 6.11. The van der Waals surface area contributed by atoms with Gasteiger partial charge in [0.15, 0.2) is 0 Å². The molecule has 0 fully saturated rings. The molecule has 5 nitrogen and oxygen atoms in total. The maximum atomic E-state index is 13.8. The highest BCUT2D eigenvalue weighted by atomic mass is 35.5. The van der Waals surface area contributed by atoms with Crippen LogP contribution < -0.4 is 4.72 Å². The topological polar surface area (TPSA) is 72.5 Å². The van der Waals surface area contributed by atoms with Crippen molar-refractivity contribution in [1.29, 1.82) is 0 Å². The zero-order valence-corrected chi connectivity index (χ0v) is 11.9. The number of carbonyl (C=O) groups is 1. The molecule has 1 unspecified atom stereocenters. The molecular weight excluding hydrogens is 297 g/mol. The van der Waals surface area contributed by atoms with Gasteiger partial charge in [0, 0.05) is 10.6 Å². The number of nitrogens with one attached hydrogen (secondary N) is 1. The molecule has 0 aliphatic rings. The molecule has 0 spiro atoms. The van der Waals surface area contributed by atoms with Crippen LogP contribution in [-0.2, 0) is 19.6 Å². The van der Waals surface area contributed by atoms with Gasteiger partial charge in [0.2, 0.25) is 10.0 Å². The summed E-state index contributed by atoms with van der Waals surface area (Å²) < 4.78 is 42.9. The molecule has 0 radical (unpaired) electrons. The summed E-state index contributed by atoms with van der Waals surface area (Å²) in [6, 6.07) is 2.74. The molecule has 0 amide bonds. The number of sulfonamides is 1. The van der Waals surface area contributed by atoms with Gasteiger partial charge in [-0.15, -0.1) is 0 Å². The Kier molecular flexibility index (Phi) is 5.28. The van der Waals surface area contributed by atoms with Gasteiger partial charge in [-0.25, -0.2) is 17.5 Å². The SMILES string of the molecule is COC(=O)CC(NS(C)(=O)=O)c1ccc(Cl)cc1F. The molecule has 1 N–H and O–H groups in total. The minimum Gasteiger partial charge on any atom is -0.469 e. The van der Waals surface area contributed by atoms with Crippen molar-refractivity contribution in [3.8, 4) is 0 Å². The van der Waals surface area contributed by atoms with Gasteiger partial charge in [0.1, 0.15) is 5.82 Å². The summed E-state index contributed by atoms with van der Waals surface area (Å²) in [7, 11) is -2.44. The Bertz CT molecular complexity index is 576. The van der Waals surface area contributed by atoms with E-state index < -0.39 is 27.9 Å². The normalized spacial score (nSPS) is 13.1. The summed E-state index contributed by atoms with van der Waals surface area (Å²) in [5.74, 6) is -1.35. The zero-order valence-electron chi connectivity index (χ0n) is 10.3. The molecular formula is C11H13ClFNO4S. The molecule has 106 valence electrons. The van der Waals surface area contributed by atoms with Crippen molar-refractivity contribution in [2.24, 2.45) is 0 Å². The van der Waals surface area contributed by atoms with E-state index in [0.29, 0.717) is 0 Å². The van der Waals surface area contributed by atoms with E-state index in [1.165, 1.54) is 12.1 Å². The van der Waals surface area contributed by atoms with Crippen LogP contribution >= 0.6 is 11.6 Å². The van der Waals surface area contributed by atoms with Gasteiger partial charge in [0.05, 0.1) is 25.8 Å². The average molecular weight is 310 g/mol. The van der Waals surface area contributed by atoms with Crippen LogP contribution in [-0.4, -0.2) is 27.8 Å². The molecule has 0 aliphatic heterocycles. The van der Waals surface area contributed by atoms with Crippen LogP contribution in [0.2, 0.25) is 5.02 Å². The van der Waals surface area contributed by atoms with E-state index in [4.69, 9.17) is 11.6 Å². The van der Waals surface area contributed by atoms with E-state index in [0.717, 1.165) is 19.4 Å². The number of hydrogen-bond acceptors (Lipinski definition) is 4. The largest absolute Gasteiger partial charge is 0.469 e. The minimum absolute atomic E-state index is 0.0280. The van der Waals surface area contributed by atoms with Crippen molar-refractivity contribution in [1.82, 2.24) is 4.72 Å². The van der Waals surface area contributed by atoms with Crippen LogP contribution in [0.4, 0.5) is 4.39 Å². The van der Waals surface area contributed by atoms with Crippen molar-refractivity contribution in [3.05, 3.63) is 34.6 Å². The lowest BCUT2D eigenvalue weighted by atomic mass is 10.0. The van der Waals surface area contributed by atoms with Gasteiger partial charge in [-0.3, -0.25) is 4.79 Å². The predicted octanol–water partition coefficient (Wildman–Crippen LogP) is 1.63. The standard InChI is InChI=1S/C11H13ClFNO4S/c1-18-11(15)6-10(14-19(2,16)17)8-4-3-7(12)5-9(8)13/h3-5,10,14H,6H2,1-2H3. The highest BCUT2D eigenvalue weighted by Crippen LogP contribution is 2.24. The number of methoxy groups -OCH3 is 1. The summed E-state index contributed by atoms with van der Waals surface area (Å²) in [5.41, 5.74) is 0.0280. The Labute approximate surface area is 115 Å². The van der Waals surface area contributed by atoms with E-state index in [2.05, 4.69) is 9.46 Å². The summed E-state index contributed by atoms with van der Waals surface area (Å²) >= 11 is 5.62. The van der Waals surface area contributed by atoms with Crippen molar-refractivity contribution >= 4 is 27.6 Å². The molecule has 0 aliphatic carbocycles. The third-order valence-electron chi connectivity index (χ3n) is 2.29. The Balaban J connectivity index is 3.11. The lowest BCUT2D eigenvalue weighted by Gasteiger charge is -2.17. The third-order valence-corrected chi connectivity index (χ3v) is 3.24. The second-order valence-electron chi connectivity index (χ2n) is 3.89. The highest BCUT2D eigenvalue weighted by Gasteiger charge is 2.23. The van der Waals surface area contributed by atoms with E-state index in [1.807, 2.05) is 0 Å². The summed E-state index contributed by atoms with van der Waals surface area (Å²) in [5, 5.41) is 0.178. The molecule has 0 saturated heterocycles. The van der Waals surface area contributed by atoms with Crippen LogP contribution in [0, 0.1) is 5.82 Å². The van der Waals surface area contributed by atoms with Gasteiger partial charge in [-0.1, -0.05) is 17.7 Å². The molecule has 8 heteroatoms. The Morgan fingerprint density at radius 1 is 1.53 bits per heavy atom.